The molecule has 2 N–H and O–H groups in total. The van der Waals surface area contributed by atoms with Crippen molar-refractivity contribution in [2.45, 2.75) is 13.8 Å². The van der Waals surface area contributed by atoms with Crippen LogP contribution in [0, 0.1) is 13.8 Å². The van der Waals surface area contributed by atoms with E-state index in [1.54, 1.807) is 19.4 Å². The molecule has 88 valence electrons. The maximum absolute atomic E-state index is 5.58. The highest BCUT2D eigenvalue weighted by Crippen LogP contribution is 2.29. The Bertz CT molecular complexity index is 533. The molecule has 2 aromatic rings. The predicted molar refractivity (Wildman–Crippen MR) is 70.1 cm³/mol. The maximum atomic E-state index is 5.58. The van der Waals surface area contributed by atoms with Crippen LogP contribution >= 0.6 is 0 Å². The molecule has 3 heteroatoms. The van der Waals surface area contributed by atoms with Gasteiger partial charge in [-0.15, -0.1) is 0 Å². The van der Waals surface area contributed by atoms with Gasteiger partial charge in [0.25, 0.3) is 0 Å². The number of rotatable bonds is 2. The van der Waals surface area contributed by atoms with Gasteiger partial charge in [-0.3, -0.25) is 0 Å². The van der Waals surface area contributed by atoms with Gasteiger partial charge in [0.05, 0.1) is 7.11 Å². The van der Waals surface area contributed by atoms with Crippen molar-refractivity contribution < 1.29 is 4.74 Å². The Labute approximate surface area is 101 Å². The molecule has 1 aromatic carbocycles. The van der Waals surface area contributed by atoms with Crippen LogP contribution in [-0.4, -0.2) is 12.1 Å². The fraction of sp³-hybridized carbons (Fsp3) is 0.214. The molecule has 0 spiro atoms. The zero-order chi connectivity index (χ0) is 12.4. The lowest BCUT2D eigenvalue weighted by Gasteiger charge is -2.11. The first-order valence-electron chi connectivity index (χ1n) is 5.49. The number of anilines is 1. The molecule has 1 heterocycles. The summed E-state index contributed by atoms with van der Waals surface area (Å²) in [4.78, 5) is 4.10. The largest absolute Gasteiger partial charge is 0.496 e. The molecule has 0 radical (unpaired) electrons. The molecule has 0 aliphatic carbocycles. The van der Waals surface area contributed by atoms with E-state index < -0.39 is 0 Å². The van der Waals surface area contributed by atoms with Gasteiger partial charge in [0.1, 0.15) is 11.6 Å². The molecular formula is C14H16N2O. The average molecular weight is 228 g/mol. The van der Waals surface area contributed by atoms with E-state index in [4.69, 9.17) is 10.5 Å². The van der Waals surface area contributed by atoms with Crippen LogP contribution in [0.4, 0.5) is 5.82 Å². The van der Waals surface area contributed by atoms with E-state index in [2.05, 4.69) is 24.9 Å². The third-order valence-electron chi connectivity index (χ3n) is 2.96. The summed E-state index contributed by atoms with van der Waals surface area (Å²) in [7, 11) is 1.69. The standard InChI is InChI=1S/C14H16N2O/c1-9-6-12(7-13(17-3)10(9)2)11-4-5-14(15)16-8-11/h4-8H,1-3H3,(H2,15,16). The molecule has 0 fully saturated rings. The Balaban J connectivity index is 2.52. The van der Waals surface area contributed by atoms with Crippen molar-refractivity contribution in [2.24, 2.45) is 0 Å². The Morgan fingerprint density at radius 3 is 2.47 bits per heavy atom. The van der Waals surface area contributed by atoms with E-state index in [1.165, 1.54) is 11.1 Å². The van der Waals surface area contributed by atoms with Gasteiger partial charge in [0.2, 0.25) is 0 Å². The van der Waals surface area contributed by atoms with E-state index in [-0.39, 0.29) is 0 Å². The summed E-state index contributed by atoms with van der Waals surface area (Å²) in [6.45, 7) is 4.13. The van der Waals surface area contributed by atoms with Gasteiger partial charge in [-0.05, 0) is 48.7 Å². The highest BCUT2D eigenvalue weighted by molar-refractivity contribution is 5.67. The minimum Gasteiger partial charge on any atom is -0.496 e. The van der Waals surface area contributed by atoms with Crippen molar-refractivity contribution in [1.29, 1.82) is 0 Å². The van der Waals surface area contributed by atoms with E-state index in [0.717, 1.165) is 16.9 Å². The van der Waals surface area contributed by atoms with Crippen LogP contribution in [0.25, 0.3) is 11.1 Å². The number of nitrogens with zero attached hydrogens (tertiary/aromatic N) is 1. The fourth-order valence-electron chi connectivity index (χ4n) is 1.78. The lowest BCUT2D eigenvalue weighted by atomic mass is 10.0. The minimum atomic E-state index is 0.532. The van der Waals surface area contributed by atoms with Gasteiger partial charge in [-0.1, -0.05) is 6.07 Å². The van der Waals surface area contributed by atoms with Gasteiger partial charge in [-0.25, -0.2) is 4.98 Å². The van der Waals surface area contributed by atoms with E-state index in [0.29, 0.717) is 5.82 Å². The molecular weight excluding hydrogens is 212 g/mol. The summed E-state index contributed by atoms with van der Waals surface area (Å²) in [6, 6.07) is 7.92. The molecule has 1 aromatic heterocycles. The minimum absolute atomic E-state index is 0.532. The Morgan fingerprint density at radius 1 is 1.12 bits per heavy atom. The Morgan fingerprint density at radius 2 is 1.88 bits per heavy atom. The summed E-state index contributed by atoms with van der Waals surface area (Å²) in [5, 5.41) is 0. The summed E-state index contributed by atoms with van der Waals surface area (Å²) < 4.78 is 5.37. The summed E-state index contributed by atoms with van der Waals surface area (Å²) in [5.41, 5.74) is 10.1. The molecule has 0 atom stereocenters. The number of benzene rings is 1. The number of aromatic nitrogens is 1. The SMILES string of the molecule is COc1cc(-c2ccc(N)nc2)cc(C)c1C. The van der Waals surface area contributed by atoms with E-state index in [9.17, 15) is 0 Å². The third-order valence-corrected chi connectivity index (χ3v) is 2.96. The van der Waals surface area contributed by atoms with Gasteiger partial charge < -0.3 is 10.5 Å². The number of hydrogen-bond donors (Lipinski definition) is 1. The fourth-order valence-corrected chi connectivity index (χ4v) is 1.78. The number of hydrogen-bond acceptors (Lipinski definition) is 3. The first kappa shape index (κ1) is 11.5. The summed E-state index contributed by atoms with van der Waals surface area (Å²) in [5.74, 6) is 1.43. The summed E-state index contributed by atoms with van der Waals surface area (Å²) in [6.07, 6.45) is 1.78. The van der Waals surface area contributed by atoms with Crippen molar-refractivity contribution >= 4 is 5.82 Å². The molecule has 0 bridgehead atoms. The second-order valence-electron chi connectivity index (χ2n) is 4.09. The topological polar surface area (TPSA) is 48.1 Å². The second kappa shape index (κ2) is 4.45. The Kier molecular flexibility index (Phi) is 3.00. The quantitative estimate of drug-likeness (QED) is 0.859. The molecule has 0 amide bonds. The lowest BCUT2D eigenvalue weighted by molar-refractivity contribution is 0.411. The van der Waals surface area contributed by atoms with Crippen molar-refractivity contribution in [2.75, 3.05) is 12.8 Å². The number of nitrogens with two attached hydrogens (primary N) is 1. The van der Waals surface area contributed by atoms with Crippen LogP contribution in [0.5, 0.6) is 5.75 Å². The zero-order valence-electron chi connectivity index (χ0n) is 10.3. The average Bonchev–Trinajstić information content (AvgIpc) is 2.33. The van der Waals surface area contributed by atoms with Gasteiger partial charge in [-0.2, -0.15) is 0 Å². The molecule has 0 aliphatic heterocycles. The monoisotopic (exact) mass is 228 g/mol. The van der Waals surface area contributed by atoms with E-state index >= 15 is 0 Å². The smallest absolute Gasteiger partial charge is 0.123 e. The second-order valence-corrected chi connectivity index (χ2v) is 4.09. The maximum Gasteiger partial charge on any atom is 0.123 e. The van der Waals surface area contributed by atoms with Crippen LogP contribution in [0.3, 0.4) is 0 Å². The molecule has 3 nitrogen and oxygen atoms in total. The van der Waals surface area contributed by atoms with Crippen LogP contribution in [0.1, 0.15) is 11.1 Å². The lowest BCUT2D eigenvalue weighted by Crippen LogP contribution is -1.93. The van der Waals surface area contributed by atoms with Crippen molar-refractivity contribution in [3.63, 3.8) is 0 Å². The molecule has 0 saturated carbocycles. The first-order valence-corrected chi connectivity index (χ1v) is 5.49. The number of pyridine rings is 1. The number of nitrogen functional groups attached to an aromatic ring is 1. The molecule has 17 heavy (non-hydrogen) atoms. The highest BCUT2D eigenvalue weighted by Gasteiger charge is 2.06. The van der Waals surface area contributed by atoms with Crippen LogP contribution in [-0.2, 0) is 0 Å². The molecule has 0 unspecified atom stereocenters. The molecule has 0 aliphatic rings. The summed E-state index contributed by atoms with van der Waals surface area (Å²) >= 11 is 0. The normalized spacial score (nSPS) is 10.3. The van der Waals surface area contributed by atoms with Crippen molar-refractivity contribution in [3.8, 4) is 16.9 Å². The van der Waals surface area contributed by atoms with Crippen LogP contribution in [0.2, 0.25) is 0 Å². The molecule has 2 rings (SSSR count). The molecule has 0 saturated heterocycles. The van der Waals surface area contributed by atoms with Gasteiger partial charge in [0.15, 0.2) is 0 Å². The van der Waals surface area contributed by atoms with Crippen molar-refractivity contribution in [3.05, 3.63) is 41.6 Å². The van der Waals surface area contributed by atoms with Gasteiger partial charge in [0, 0.05) is 11.8 Å². The zero-order valence-corrected chi connectivity index (χ0v) is 10.3. The van der Waals surface area contributed by atoms with Gasteiger partial charge >= 0.3 is 0 Å². The number of methoxy groups -OCH3 is 1. The van der Waals surface area contributed by atoms with Crippen LogP contribution < -0.4 is 10.5 Å². The number of ether oxygens (including phenoxy) is 1. The third kappa shape index (κ3) is 2.23. The highest BCUT2D eigenvalue weighted by atomic mass is 16.5. The number of aryl methyl sites for hydroxylation is 1. The van der Waals surface area contributed by atoms with E-state index in [1.807, 2.05) is 12.1 Å². The van der Waals surface area contributed by atoms with Crippen LogP contribution in [0.15, 0.2) is 30.5 Å². The predicted octanol–water partition coefficient (Wildman–Crippen LogP) is 2.96. The van der Waals surface area contributed by atoms with Crippen molar-refractivity contribution in [1.82, 2.24) is 4.98 Å². The Hall–Kier alpha value is -2.03. The first-order chi connectivity index (χ1) is 8.11.